The van der Waals surface area contributed by atoms with Gasteiger partial charge in [-0.05, 0) is 38.3 Å². The second kappa shape index (κ2) is 5.73. The number of carbonyl (C=O) groups is 1. The van der Waals surface area contributed by atoms with Crippen LogP contribution in [0.4, 0.5) is 11.4 Å². The van der Waals surface area contributed by atoms with Crippen molar-refractivity contribution in [2.24, 2.45) is 0 Å². The lowest BCUT2D eigenvalue weighted by Gasteiger charge is -2.23. The fraction of sp³-hybridized carbons (Fsp3) is 0.533. The van der Waals surface area contributed by atoms with E-state index in [9.17, 15) is 4.79 Å². The first-order valence-electron chi connectivity index (χ1n) is 7.26. The molecule has 0 radical (unpaired) electrons. The van der Waals surface area contributed by atoms with Gasteiger partial charge in [-0.15, -0.1) is 0 Å². The number of nitrogens with one attached hydrogen (secondary N) is 1. The lowest BCUT2D eigenvalue weighted by atomic mass is 9.95. The zero-order chi connectivity index (χ0) is 15.0. The van der Waals surface area contributed by atoms with Crippen LogP contribution < -0.4 is 11.1 Å². The Bertz CT molecular complexity index is 564. The topological polar surface area (TPSA) is 73.6 Å². The van der Waals surface area contributed by atoms with E-state index in [0.29, 0.717) is 34.7 Å². The summed E-state index contributed by atoms with van der Waals surface area (Å²) < 4.78 is 10.9. The van der Waals surface area contributed by atoms with Gasteiger partial charge in [-0.2, -0.15) is 0 Å². The van der Waals surface area contributed by atoms with Crippen molar-refractivity contribution in [2.75, 3.05) is 17.7 Å². The Morgan fingerprint density at radius 2 is 2.33 bits per heavy atom. The summed E-state index contributed by atoms with van der Waals surface area (Å²) in [6.45, 7) is 2.07. The molecule has 2 bridgehead atoms. The van der Waals surface area contributed by atoms with E-state index in [1.54, 1.807) is 19.1 Å². The van der Waals surface area contributed by atoms with Crippen molar-refractivity contribution in [1.29, 1.82) is 0 Å². The second-order valence-electron chi connectivity index (χ2n) is 5.51. The summed E-state index contributed by atoms with van der Waals surface area (Å²) in [7, 11) is 0. The molecule has 0 saturated carbocycles. The van der Waals surface area contributed by atoms with Crippen LogP contribution >= 0.6 is 11.6 Å². The van der Waals surface area contributed by atoms with Crippen molar-refractivity contribution in [1.82, 2.24) is 0 Å². The lowest BCUT2D eigenvalue weighted by Crippen LogP contribution is -2.31. The van der Waals surface area contributed by atoms with Gasteiger partial charge in [-0.1, -0.05) is 11.6 Å². The quantitative estimate of drug-likeness (QED) is 0.661. The fourth-order valence-corrected chi connectivity index (χ4v) is 3.40. The minimum Gasteiger partial charge on any atom is -0.462 e. The molecule has 2 heterocycles. The monoisotopic (exact) mass is 310 g/mol. The molecular formula is C15H19ClN2O3. The number of ether oxygens (including phenoxy) is 2. The Morgan fingerprint density at radius 3 is 2.95 bits per heavy atom. The van der Waals surface area contributed by atoms with Gasteiger partial charge in [0.05, 0.1) is 41.1 Å². The third-order valence-electron chi connectivity index (χ3n) is 4.04. The molecule has 114 valence electrons. The molecule has 1 aromatic carbocycles. The van der Waals surface area contributed by atoms with Crippen molar-refractivity contribution < 1.29 is 14.3 Å². The van der Waals surface area contributed by atoms with E-state index in [4.69, 9.17) is 26.8 Å². The second-order valence-corrected chi connectivity index (χ2v) is 5.91. The first-order chi connectivity index (χ1) is 10.1. The maximum absolute atomic E-state index is 12.1. The molecule has 3 unspecified atom stereocenters. The van der Waals surface area contributed by atoms with E-state index >= 15 is 0 Å². The van der Waals surface area contributed by atoms with Crippen molar-refractivity contribution >= 4 is 28.9 Å². The number of rotatable bonds is 4. The molecule has 3 atom stereocenters. The van der Waals surface area contributed by atoms with Crippen LogP contribution in [0.15, 0.2) is 12.1 Å². The van der Waals surface area contributed by atoms with Gasteiger partial charge in [0.25, 0.3) is 0 Å². The highest BCUT2D eigenvalue weighted by molar-refractivity contribution is 6.34. The van der Waals surface area contributed by atoms with E-state index in [1.165, 1.54) is 0 Å². The van der Waals surface area contributed by atoms with E-state index in [1.807, 2.05) is 0 Å². The number of esters is 1. The third-order valence-corrected chi connectivity index (χ3v) is 4.34. The number of hydrogen-bond donors (Lipinski definition) is 2. The summed E-state index contributed by atoms with van der Waals surface area (Å²) >= 11 is 6.27. The highest BCUT2D eigenvalue weighted by Crippen LogP contribution is 2.38. The van der Waals surface area contributed by atoms with Gasteiger partial charge in [0.15, 0.2) is 0 Å². The normalized spacial score (nSPS) is 26.9. The van der Waals surface area contributed by atoms with Crippen LogP contribution in [0.2, 0.25) is 5.02 Å². The molecule has 2 saturated heterocycles. The summed E-state index contributed by atoms with van der Waals surface area (Å²) in [5, 5.41) is 3.79. The van der Waals surface area contributed by atoms with Gasteiger partial charge in [-0.3, -0.25) is 0 Å². The molecule has 3 rings (SSSR count). The highest BCUT2D eigenvalue weighted by atomic mass is 35.5. The van der Waals surface area contributed by atoms with Crippen molar-refractivity contribution in [2.45, 2.75) is 44.4 Å². The average Bonchev–Trinajstić information content (AvgIpc) is 3.04. The van der Waals surface area contributed by atoms with Gasteiger partial charge in [0.2, 0.25) is 0 Å². The number of anilines is 2. The SMILES string of the molecule is CCOC(=O)c1cc(N)cc(Cl)c1NC1CC2CCC1O2. The van der Waals surface area contributed by atoms with Crippen LogP contribution in [0.5, 0.6) is 0 Å². The third kappa shape index (κ3) is 2.80. The van der Waals surface area contributed by atoms with Crippen LogP contribution in [-0.2, 0) is 9.47 Å². The summed E-state index contributed by atoms with van der Waals surface area (Å²) in [5.41, 5.74) is 7.20. The first-order valence-corrected chi connectivity index (χ1v) is 7.64. The molecule has 21 heavy (non-hydrogen) atoms. The smallest absolute Gasteiger partial charge is 0.340 e. The maximum atomic E-state index is 12.1. The summed E-state index contributed by atoms with van der Waals surface area (Å²) in [4.78, 5) is 12.1. The number of halogens is 1. The molecule has 5 nitrogen and oxygen atoms in total. The van der Waals surface area contributed by atoms with Crippen LogP contribution in [-0.4, -0.2) is 30.8 Å². The zero-order valence-corrected chi connectivity index (χ0v) is 12.7. The van der Waals surface area contributed by atoms with Gasteiger partial charge in [0.1, 0.15) is 0 Å². The lowest BCUT2D eigenvalue weighted by molar-refractivity contribution is 0.0527. The number of carbonyl (C=O) groups excluding carboxylic acids is 1. The van der Waals surface area contributed by atoms with Crippen LogP contribution in [0, 0.1) is 0 Å². The predicted octanol–water partition coefficient (Wildman–Crippen LogP) is 2.83. The standard InChI is InChI=1S/C15H19ClN2O3/c1-2-20-15(19)10-5-8(17)6-11(16)14(10)18-12-7-9-3-4-13(12)21-9/h5-6,9,12-13,18H,2-4,7,17H2,1H3. The fourth-order valence-electron chi connectivity index (χ4n) is 3.12. The summed E-state index contributed by atoms with van der Waals surface area (Å²) in [6.07, 6.45) is 3.62. The Balaban J connectivity index is 1.87. The Labute approximate surface area is 128 Å². The van der Waals surface area contributed by atoms with Gasteiger partial charge >= 0.3 is 5.97 Å². The molecular weight excluding hydrogens is 292 g/mol. The van der Waals surface area contributed by atoms with Gasteiger partial charge < -0.3 is 20.5 Å². The van der Waals surface area contributed by atoms with E-state index in [-0.39, 0.29) is 12.1 Å². The molecule has 6 heteroatoms. The highest BCUT2D eigenvalue weighted by Gasteiger charge is 2.41. The van der Waals surface area contributed by atoms with Crippen molar-refractivity contribution in [3.05, 3.63) is 22.7 Å². The minimum absolute atomic E-state index is 0.179. The molecule has 0 aromatic heterocycles. The molecule has 3 N–H and O–H groups in total. The van der Waals surface area contributed by atoms with Crippen molar-refractivity contribution in [3.63, 3.8) is 0 Å². The number of nitrogens with two attached hydrogens (primary N) is 1. The van der Waals surface area contributed by atoms with Gasteiger partial charge in [-0.25, -0.2) is 4.79 Å². The minimum atomic E-state index is -0.418. The molecule has 0 aliphatic carbocycles. The van der Waals surface area contributed by atoms with Crippen LogP contribution in [0.1, 0.15) is 36.5 Å². The van der Waals surface area contributed by atoms with Crippen LogP contribution in [0.25, 0.3) is 0 Å². The van der Waals surface area contributed by atoms with E-state index in [0.717, 1.165) is 19.3 Å². The molecule has 1 aromatic rings. The maximum Gasteiger partial charge on any atom is 0.340 e. The Kier molecular flexibility index (Phi) is 3.95. The number of nitrogen functional groups attached to an aromatic ring is 1. The number of hydrogen-bond acceptors (Lipinski definition) is 5. The molecule has 0 amide bonds. The van der Waals surface area contributed by atoms with E-state index < -0.39 is 5.97 Å². The Morgan fingerprint density at radius 1 is 1.52 bits per heavy atom. The molecule has 2 aliphatic heterocycles. The number of fused-ring (bicyclic) bond motifs is 2. The largest absolute Gasteiger partial charge is 0.462 e. The molecule has 2 fully saturated rings. The summed E-state index contributed by atoms with van der Waals surface area (Å²) in [6, 6.07) is 3.42. The van der Waals surface area contributed by atoms with Crippen molar-refractivity contribution in [3.8, 4) is 0 Å². The van der Waals surface area contributed by atoms with E-state index in [2.05, 4.69) is 5.32 Å². The Hall–Kier alpha value is -1.46. The summed E-state index contributed by atoms with van der Waals surface area (Å²) in [5.74, 6) is -0.418. The van der Waals surface area contributed by atoms with Gasteiger partial charge in [0, 0.05) is 5.69 Å². The predicted molar refractivity (Wildman–Crippen MR) is 81.7 cm³/mol. The van der Waals surface area contributed by atoms with Crippen LogP contribution in [0.3, 0.4) is 0 Å². The average molecular weight is 311 g/mol. The number of benzene rings is 1. The molecule has 2 aliphatic rings. The first kappa shape index (κ1) is 14.5. The zero-order valence-electron chi connectivity index (χ0n) is 11.9. The molecule has 0 spiro atoms.